The van der Waals surface area contributed by atoms with E-state index in [9.17, 15) is 18.0 Å². The summed E-state index contributed by atoms with van der Waals surface area (Å²) in [6, 6.07) is 0. The normalized spacial score (nSPS) is 30.2. The van der Waals surface area contributed by atoms with Gasteiger partial charge in [0.2, 0.25) is 0 Å². The Bertz CT molecular complexity index is 173. The number of Topliss-reactive ketones (excluding diaryl/α,β-unsaturated/α-hetero) is 1. The molecule has 0 bridgehead atoms. The van der Waals surface area contributed by atoms with Crippen molar-refractivity contribution in [3.8, 4) is 0 Å². The molecule has 0 spiro atoms. The highest BCUT2D eigenvalue weighted by atomic mass is 19.4. The standard InChI is InChI=1S/C7H9F3O/c1-4(11)6-2-5(6)3-7(8,9)10/h5-6H,2-3H2,1H3/t5-,6-/m0/s1. The van der Waals surface area contributed by atoms with Crippen molar-refractivity contribution in [3.05, 3.63) is 0 Å². The van der Waals surface area contributed by atoms with E-state index in [4.69, 9.17) is 0 Å². The monoisotopic (exact) mass is 166 g/mol. The van der Waals surface area contributed by atoms with E-state index < -0.39 is 18.5 Å². The van der Waals surface area contributed by atoms with Gasteiger partial charge in [-0.1, -0.05) is 0 Å². The first-order chi connectivity index (χ1) is 4.90. The maximum Gasteiger partial charge on any atom is 0.389 e. The van der Waals surface area contributed by atoms with Gasteiger partial charge in [0.1, 0.15) is 5.78 Å². The molecule has 1 fully saturated rings. The third-order valence-electron chi connectivity index (χ3n) is 1.94. The van der Waals surface area contributed by atoms with Gasteiger partial charge in [-0.25, -0.2) is 0 Å². The number of carbonyl (C=O) groups is 1. The lowest BCUT2D eigenvalue weighted by molar-refractivity contribution is -0.139. The average Bonchev–Trinajstić information content (AvgIpc) is 2.40. The van der Waals surface area contributed by atoms with Gasteiger partial charge in [0.15, 0.2) is 0 Å². The van der Waals surface area contributed by atoms with Crippen molar-refractivity contribution in [3.63, 3.8) is 0 Å². The fraction of sp³-hybridized carbons (Fsp3) is 0.857. The molecule has 0 aromatic carbocycles. The zero-order valence-electron chi connectivity index (χ0n) is 6.11. The molecule has 0 amide bonds. The van der Waals surface area contributed by atoms with E-state index >= 15 is 0 Å². The minimum absolute atomic E-state index is 0.112. The van der Waals surface area contributed by atoms with Gasteiger partial charge in [0, 0.05) is 12.3 Å². The van der Waals surface area contributed by atoms with E-state index in [2.05, 4.69) is 0 Å². The molecule has 4 heteroatoms. The van der Waals surface area contributed by atoms with Crippen LogP contribution in [0.15, 0.2) is 0 Å². The number of hydrogen-bond donors (Lipinski definition) is 0. The van der Waals surface area contributed by atoms with Crippen LogP contribution in [0, 0.1) is 11.8 Å². The predicted molar refractivity (Wildman–Crippen MR) is 32.9 cm³/mol. The van der Waals surface area contributed by atoms with Crippen molar-refractivity contribution in [1.29, 1.82) is 0 Å². The number of halogens is 3. The molecule has 1 saturated carbocycles. The predicted octanol–water partition coefficient (Wildman–Crippen LogP) is 2.16. The highest BCUT2D eigenvalue weighted by Gasteiger charge is 2.47. The van der Waals surface area contributed by atoms with Gasteiger partial charge in [-0.2, -0.15) is 13.2 Å². The Morgan fingerprint density at radius 2 is 2.09 bits per heavy atom. The number of rotatable bonds is 2. The largest absolute Gasteiger partial charge is 0.389 e. The summed E-state index contributed by atoms with van der Waals surface area (Å²) >= 11 is 0. The molecular weight excluding hydrogens is 157 g/mol. The molecule has 1 aliphatic carbocycles. The van der Waals surface area contributed by atoms with Crippen LogP contribution in [-0.2, 0) is 4.79 Å². The Kier molecular flexibility index (Phi) is 1.94. The zero-order chi connectivity index (χ0) is 8.65. The fourth-order valence-corrected chi connectivity index (χ4v) is 1.27. The second-order valence-corrected chi connectivity index (χ2v) is 3.03. The van der Waals surface area contributed by atoms with Crippen molar-refractivity contribution in [2.24, 2.45) is 11.8 Å². The van der Waals surface area contributed by atoms with Crippen LogP contribution in [0.1, 0.15) is 19.8 Å². The van der Waals surface area contributed by atoms with Gasteiger partial charge in [-0.15, -0.1) is 0 Å². The van der Waals surface area contributed by atoms with Crippen LogP contribution in [0.3, 0.4) is 0 Å². The Morgan fingerprint density at radius 3 is 2.36 bits per heavy atom. The molecule has 1 nitrogen and oxygen atoms in total. The summed E-state index contributed by atoms with van der Waals surface area (Å²) in [6.45, 7) is 1.35. The van der Waals surface area contributed by atoms with E-state index in [1.54, 1.807) is 0 Å². The van der Waals surface area contributed by atoms with E-state index in [1.807, 2.05) is 0 Å². The average molecular weight is 166 g/mol. The van der Waals surface area contributed by atoms with Crippen LogP contribution < -0.4 is 0 Å². The Hall–Kier alpha value is -0.540. The van der Waals surface area contributed by atoms with Crippen LogP contribution >= 0.6 is 0 Å². The van der Waals surface area contributed by atoms with Gasteiger partial charge in [0.25, 0.3) is 0 Å². The van der Waals surface area contributed by atoms with Gasteiger partial charge in [-0.05, 0) is 19.3 Å². The summed E-state index contributed by atoms with van der Waals surface area (Å²) in [6.07, 6.45) is -4.47. The zero-order valence-corrected chi connectivity index (χ0v) is 6.11. The molecule has 0 aromatic heterocycles. The van der Waals surface area contributed by atoms with Crippen LogP contribution in [0.5, 0.6) is 0 Å². The summed E-state index contributed by atoms with van der Waals surface area (Å²) in [4.78, 5) is 10.5. The number of hydrogen-bond acceptors (Lipinski definition) is 1. The Morgan fingerprint density at radius 1 is 1.55 bits per heavy atom. The molecule has 0 saturated heterocycles. The molecule has 1 aliphatic rings. The second kappa shape index (κ2) is 2.50. The molecule has 64 valence electrons. The number of alkyl halides is 3. The molecule has 11 heavy (non-hydrogen) atoms. The summed E-state index contributed by atoms with van der Waals surface area (Å²) in [5.41, 5.74) is 0. The van der Waals surface area contributed by atoms with Gasteiger partial charge < -0.3 is 0 Å². The number of ketones is 1. The molecule has 1 rings (SSSR count). The van der Waals surface area contributed by atoms with Crippen molar-refractivity contribution in [2.75, 3.05) is 0 Å². The highest BCUT2D eigenvalue weighted by molar-refractivity contribution is 5.81. The minimum atomic E-state index is -4.10. The number of carbonyl (C=O) groups excluding carboxylic acids is 1. The molecule has 0 aliphatic heterocycles. The highest BCUT2D eigenvalue weighted by Crippen LogP contribution is 2.46. The van der Waals surface area contributed by atoms with Crippen molar-refractivity contribution in [2.45, 2.75) is 25.9 Å². The smallest absolute Gasteiger partial charge is 0.300 e. The third-order valence-corrected chi connectivity index (χ3v) is 1.94. The van der Waals surface area contributed by atoms with E-state index in [-0.39, 0.29) is 11.7 Å². The first-order valence-electron chi connectivity index (χ1n) is 3.47. The van der Waals surface area contributed by atoms with E-state index in [1.165, 1.54) is 6.92 Å². The van der Waals surface area contributed by atoms with Crippen LogP contribution in [0.2, 0.25) is 0 Å². The molecular formula is C7H9F3O. The van der Waals surface area contributed by atoms with Crippen LogP contribution in [-0.4, -0.2) is 12.0 Å². The lowest BCUT2D eigenvalue weighted by atomic mass is 10.2. The molecule has 0 heterocycles. The molecule has 2 atom stereocenters. The maximum atomic E-state index is 11.7. The topological polar surface area (TPSA) is 17.1 Å². The van der Waals surface area contributed by atoms with Gasteiger partial charge in [-0.3, -0.25) is 4.79 Å². The van der Waals surface area contributed by atoms with Crippen molar-refractivity contribution in [1.82, 2.24) is 0 Å². The SMILES string of the molecule is CC(=O)[C@@H]1C[C@H]1CC(F)(F)F. The van der Waals surface area contributed by atoms with Crippen molar-refractivity contribution >= 4 is 5.78 Å². The van der Waals surface area contributed by atoms with Crippen LogP contribution in [0.4, 0.5) is 13.2 Å². The van der Waals surface area contributed by atoms with Gasteiger partial charge >= 0.3 is 6.18 Å². The first kappa shape index (κ1) is 8.56. The third kappa shape index (κ3) is 2.52. The fourth-order valence-electron chi connectivity index (χ4n) is 1.27. The molecule has 0 radical (unpaired) electrons. The Balaban J connectivity index is 2.29. The minimum Gasteiger partial charge on any atom is -0.300 e. The molecule has 0 aromatic rings. The van der Waals surface area contributed by atoms with Gasteiger partial charge in [0.05, 0.1) is 0 Å². The Labute approximate surface area is 62.6 Å². The first-order valence-corrected chi connectivity index (χ1v) is 3.47. The van der Waals surface area contributed by atoms with Crippen molar-refractivity contribution < 1.29 is 18.0 Å². The molecule has 0 N–H and O–H groups in total. The lowest BCUT2D eigenvalue weighted by Crippen LogP contribution is -2.09. The van der Waals surface area contributed by atoms with E-state index in [0.29, 0.717) is 6.42 Å². The summed E-state index contributed by atoms with van der Waals surface area (Å²) in [5.74, 6) is -0.844. The summed E-state index contributed by atoms with van der Waals surface area (Å²) in [5, 5.41) is 0. The van der Waals surface area contributed by atoms with Crippen LogP contribution in [0.25, 0.3) is 0 Å². The lowest BCUT2D eigenvalue weighted by Gasteiger charge is -2.03. The second-order valence-electron chi connectivity index (χ2n) is 3.03. The maximum absolute atomic E-state index is 11.7. The van der Waals surface area contributed by atoms with E-state index in [0.717, 1.165) is 0 Å². The molecule has 0 unspecified atom stereocenters. The quantitative estimate of drug-likeness (QED) is 0.614. The summed E-state index contributed by atoms with van der Waals surface area (Å²) < 4.78 is 35.0. The summed E-state index contributed by atoms with van der Waals surface area (Å²) in [7, 11) is 0.